The molecule has 24 atom stereocenters. The number of nitrogens with zero attached hydrogens (tertiary/aromatic N) is 4. The van der Waals surface area contributed by atoms with Gasteiger partial charge >= 0.3 is 0 Å². The molecule has 0 aromatic heterocycles. The minimum absolute atomic E-state index is 0.866. The third-order valence-corrected chi connectivity index (χ3v) is 22.8. The van der Waals surface area contributed by atoms with Gasteiger partial charge < -0.3 is 0 Å². The van der Waals surface area contributed by atoms with Gasteiger partial charge in [-0.15, -0.1) is 0 Å². The van der Waals surface area contributed by atoms with Crippen LogP contribution in [0.15, 0.2) is 0 Å². The van der Waals surface area contributed by atoms with Crippen molar-refractivity contribution >= 4 is 0 Å². The van der Waals surface area contributed by atoms with E-state index >= 15 is 0 Å². The Kier molecular flexibility index (Phi) is 6.45. The summed E-state index contributed by atoms with van der Waals surface area (Å²) < 4.78 is 0. The normalized spacial score (nSPS) is 65.1. The van der Waals surface area contributed by atoms with Crippen LogP contribution in [-0.4, -0.2) is 92.1 Å². The molecule has 0 spiro atoms. The molecule has 0 N–H and O–H groups in total. The Labute approximate surface area is 316 Å². The van der Waals surface area contributed by atoms with Crippen LogP contribution in [0.1, 0.15) is 154 Å². The van der Waals surface area contributed by atoms with Crippen LogP contribution in [0.2, 0.25) is 0 Å². The Balaban J connectivity index is 0.955. The van der Waals surface area contributed by atoms with Crippen molar-refractivity contribution in [2.45, 2.75) is 227 Å². The molecule has 52 heavy (non-hydrogen) atoms. The van der Waals surface area contributed by atoms with E-state index in [2.05, 4.69) is 19.6 Å². The third kappa shape index (κ3) is 3.93. The molecule has 7 saturated carbocycles. The summed E-state index contributed by atoms with van der Waals surface area (Å²) in [6, 6.07) is 10.9. The van der Waals surface area contributed by atoms with Gasteiger partial charge in [0.05, 0.1) is 0 Å². The minimum atomic E-state index is 0.866. The SMILES string of the molecule is C1CC2CC3CCC4CC5CCC6CC7CCC8CC9CCC%10CC%11CCC%12CC1CC2N1C2CC%13C(CC2N(C5C6)C4C31)N(C8C7)C9C%10N%13C%11C%12. The van der Waals surface area contributed by atoms with E-state index in [1.54, 1.807) is 154 Å². The molecule has 4 nitrogen and oxygen atoms in total. The van der Waals surface area contributed by atoms with E-state index in [0.29, 0.717) is 0 Å². The molecular formula is C48H72N4. The molecule has 8 aliphatic heterocycles. The van der Waals surface area contributed by atoms with Gasteiger partial charge in [-0.25, -0.2) is 0 Å². The smallest absolute Gasteiger partial charge is 0.0289 e. The van der Waals surface area contributed by atoms with Crippen molar-refractivity contribution in [1.82, 2.24) is 19.6 Å². The van der Waals surface area contributed by atoms with E-state index in [1.807, 2.05) is 0 Å². The number of fused-ring (bicyclic) bond motifs is 4. The highest BCUT2D eigenvalue weighted by Crippen LogP contribution is 2.64. The zero-order valence-corrected chi connectivity index (χ0v) is 32.6. The summed E-state index contributed by atoms with van der Waals surface area (Å²) in [6.45, 7) is 0. The summed E-state index contributed by atoms with van der Waals surface area (Å²) in [4.78, 5) is 14.3. The van der Waals surface area contributed by atoms with Crippen molar-refractivity contribution in [1.29, 1.82) is 0 Å². The fraction of sp³-hybridized carbons (Fsp3) is 1.00. The topological polar surface area (TPSA) is 13.0 Å². The average Bonchev–Trinajstić information content (AvgIpc) is 3.17. The van der Waals surface area contributed by atoms with Crippen LogP contribution in [0.5, 0.6) is 0 Å². The number of hydrogen-bond acceptors (Lipinski definition) is 4. The summed E-state index contributed by atoms with van der Waals surface area (Å²) in [6.07, 6.45) is 38.4. The van der Waals surface area contributed by atoms with Crippen LogP contribution < -0.4 is 0 Å². The van der Waals surface area contributed by atoms with E-state index in [9.17, 15) is 0 Å². The van der Waals surface area contributed by atoms with E-state index in [4.69, 9.17) is 0 Å². The quantitative estimate of drug-likeness (QED) is 0.251. The first-order valence-electron chi connectivity index (χ1n) is 24.8. The zero-order chi connectivity index (χ0) is 33.1. The fourth-order valence-corrected chi connectivity index (χ4v) is 21.6. The molecule has 15 rings (SSSR count). The highest BCUT2D eigenvalue weighted by Gasteiger charge is 2.70. The predicted molar refractivity (Wildman–Crippen MR) is 205 cm³/mol. The summed E-state index contributed by atoms with van der Waals surface area (Å²) in [7, 11) is 0. The molecule has 8 heterocycles. The maximum atomic E-state index is 3.58. The Hall–Kier alpha value is -0.160. The maximum Gasteiger partial charge on any atom is 0.0289 e. The van der Waals surface area contributed by atoms with Gasteiger partial charge in [-0.1, -0.05) is 25.7 Å². The van der Waals surface area contributed by atoms with Crippen LogP contribution in [-0.2, 0) is 0 Å². The molecule has 0 aromatic carbocycles. The molecule has 12 bridgehead atoms. The van der Waals surface area contributed by atoms with Gasteiger partial charge in [0.2, 0.25) is 0 Å². The van der Waals surface area contributed by atoms with Crippen molar-refractivity contribution in [3.8, 4) is 0 Å². The molecule has 15 aliphatic rings. The number of rotatable bonds is 0. The monoisotopic (exact) mass is 705 g/mol. The van der Waals surface area contributed by atoms with Gasteiger partial charge in [0.1, 0.15) is 0 Å². The predicted octanol–water partition coefficient (Wildman–Crippen LogP) is 8.58. The molecular weight excluding hydrogens is 633 g/mol. The van der Waals surface area contributed by atoms with Gasteiger partial charge in [-0.3, -0.25) is 19.6 Å². The Morgan fingerprint density at radius 3 is 0.712 bits per heavy atom. The standard InChI is InChI=1S/C48H72N4/c1-5-29-19-33-9-10-34-21-31-7-3-27-14-28-4-8-32-22-36-12-11-35-20-30-6-2-26-13-25(1)15-37(29)49-41-23-43-44(24-42(41)51(39(31)17-27)46(34)45(33)49)52(40(32)18-28)48(36)47(35)50(43)38(30)16-26/h25-48H,1-24H2. The second-order valence-corrected chi connectivity index (χ2v) is 24.1. The fourth-order valence-electron chi connectivity index (χ4n) is 21.6. The minimum Gasteiger partial charge on any atom is -0.291 e. The average molecular weight is 705 g/mol. The Morgan fingerprint density at radius 2 is 0.442 bits per heavy atom. The summed E-state index contributed by atoms with van der Waals surface area (Å²) in [5.41, 5.74) is 0. The Bertz CT molecular complexity index is 1270. The lowest BCUT2D eigenvalue weighted by molar-refractivity contribution is -0.264. The number of hydrogen-bond donors (Lipinski definition) is 0. The van der Waals surface area contributed by atoms with Gasteiger partial charge in [0.15, 0.2) is 0 Å². The van der Waals surface area contributed by atoms with Crippen LogP contribution in [0.3, 0.4) is 0 Å². The van der Waals surface area contributed by atoms with Gasteiger partial charge in [-0.05, 0) is 199 Å². The summed E-state index contributed by atoms with van der Waals surface area (Å²) in [5.74, 6) is 12.3. The molecule has 0 amide bonds. The first kappa shape index (κ1) is 30.9. The molecule has 0 radical (unpaired) electrons. The molecule has 15 fully saturated rings. The maximum absolute atomic E-state index is 3.58. The molecule has 24 unspecified atom stereocenters. The largest absolute Gasteiger partial charge is 0.291 e. The van der Waals surface area contributed by atoms with Gasteiger partial charge in [0, 0.05) is 72.5 Å². The van der Waals surface area contributed by atoms with Crippen LogP contribution >= 0.6 is 0 Å². The molecule has 284 valence electrons. The van der Waals surface area contributed by atoms with Crippen LogP contribution in [0.4, 0.5) is 0 Å². The first-order valence-corrected chi connectivity index (χ1v) is 24.8. The molecule has 8 saturated heterocycles. The van der Waals surface area contributed by atoms with E-state index in [1.165, 1.54) is 0 Å². The lowest BCUT2D eigenvalue weighted by atomic mass is 9.52. The highest BCUT2D eigenvalue weighted by molar-refractivity contribution is 5.24. The molecule has 7 aliphatic carbocycles. The zero-order valence-electron chi connectivity index (χ0n) is 32.6. The molecule has 0 aromatic rings. The third-order valence-electron chi connectivity index (χ3n) is 22.8. The van der Waals surface area contributed by atoms with E-state index in [0.717, 1.165) is 144 Å². The molecule has 4 heteroatoms. The van der Waals surface area contributed by atoms with Crippen molar-refractivity contribution in [2.24, 2.45) is 71.0 Å². The highest BCUT2D eigenvalue weighted by atomic mass is 15.4. The van der Waals surface area contributed by atoms with E-state index in [-0.39, 0.29) is 0 Å². The Morgan fingerprint density at radius 1 is 0.192 bits per heavy atom. The van der Waals surface area contributed by atoms with Crippen molar-refractivity contribution in [3.63, 3.8) is 0 Å². The second-order valence-electron chi connectivity index (χ2n) is 24.1. The van der Waals surface area contributed by atoms with Gasteiger partial charge in [0.25, 0.3) is 0 Å². The second kappa shape index (κ2) is 10.9. The first-order chi connectivity index (χ1) is 25.7. The lowest BCUT2D eigenvalue weighted by Crippen LogP contribution is -2.86. The lowest BCUT2D eigenvalue weighted by Gasteiger charge is -2.76. The van der Waals surface area contributed by atoms with Crippen LogP contribution in [0, 0.1) is 71.0 Å². The van der Waals surface area contributed by atoms with Crippen molar-refractivity contribution < 1.29 is 0 Å². The number of piperidine rings is 4. The van der Waals surface area contributed by atoms with Crippen molar-refractivity contribution in [2.75, 3.05) is 0 Å². The van der Waals surface area contributed by atoms with E-state index < -0.39 is 0 Å². The number of piperazine rings is 2. The van der Waals surface area contributed by atoms with Crippen molar-refractivity contribution in [3.05, 3.63) is 0 Å². The summed E-state index contributed by atoms with van der Waals surface area (Å²) >= 11 is 0. The van der Waals surface area contributed by atoms with Gasteiger partial charge in [-0.2, -0.15) is 0 Å². The van der Waals surface area contributed by atoms with Crippen LogP contribution in [0.25, 0.3) is 0 Å². The summed E-state index contributed by atoms with van der Waals surface area (Å²) in [5, 5.41) is 0.